The topological polar surface area (TPSA) is 30.7 Å². The van der Waals surface area contributed by atoms with Crippen LogP contribution in [-0.2, 0) is 0 Å². The number of rotatable bonds is 6. The number of hydrogen-bond donors (Lipinski definition) is 0. The minimum atomic E-state index is 0.720. The van der Waals surface area contributed by atoms with E-state index in [9.17, 15) is 0 Å². The van der Waals surface area contributed by atoms with Gasteiger partial charge in [0.15, 0.2) is 5.82 Å². The summed E-state index contributed by atoms with van der Waals surface area (Å²) in [5.74, 6) is 0.720. The second kappa shape index (κ2) is 14.3. The molecule has 0 saturated heterocycles. The van der Waals surface area contributed by atoms with Crippen LogP contribution in [0.4, 0.5) is 0 Å². The van der Waals surface area contributed by atoms with Gasteiger partial charge in [-0.25, -0.2) is 9.97 Å². The van der Waals surface area contributed by atoms with Crippen LogP contribution in [0.5, 0.6) is 0 Å². The van der Waals surface area contributed by atoms with Gasteiger partial charge in [-0.2, -0.15) is 0 Å². The quantitative estimate of drug-likeness (QED) is 0.168. The molecule has 61 heavy (non-hydrogen) atoms. The molecule has 10 aromatic carbocycles. The Hall–Kier alpha value is -8.14. The van der Waals surface area contributed by atoms with Gasteiger partial charge in [0.05, 0.1) is 22.2 Å². The van der Waals surface area contributed by atoms with Crippen molar-refractivity contribution in [2.75, 3.05) is 0 Å². The van der Waals surface area contributed by atoms with Crippen molar-refractivity contribution in [3.05, 3.63) is 224 Å². The van der Waals surface area contributed by atoms with Crippen LogP contribution in [0, 0.1) is 0 Å². The van der Waals surface area contributed by atoms with Gasteiger partial charge in [-0.15, -0.1) is 0 Å². The first-order valence-electron chi connectivity index (χ1n) is 20.8. The number of aromatic nitrogens is 3. The van der Waals surface area contributed by atoms with Gasteiger partial charge < -0.3 is 4.57 Å². The maximum Gasteiger partial charge on any atom is 0.160 e. The van der Waals surface area contributed by atoms with Crippen molar-refractivity contribution >= 4 is 54.3 Å². The average Bonchev–Trinajstić information content (AvgIpc) is 3.68. The molecule has 0 saturated carbocycles. The van der Waals surface area contributed by atoms with Gasteiger partial charge in [0.1, 0.15) is 0 Å². The summed E-state index contributed by atoms with van der Waals surface area (Å²) in [7, 11) is 0. The number of fused-ring (bicyclic) bond motifs is 8. The fourth-order valence-corrected chi connectivity index (χ4v) is 9.39. The molecular weight excluding hydrogens is 739 g/mol. The molecule has 0 fully saturated rings. The highest BCUT2D eigenvalue weighted by Crippen LogP contribution is 2.46. The summed E-state index contributed by atoms with van der Waals surface area (Å²) < 4.78 is 2.50. The standard InChI is InChI=1S/C58H37N3/c1-5-18-38(19-6-1)49-36-53-55(47-30-15-13-28-45(47)49)56-48-31-16-14-29-46(48)50(39-20-7-2-8-21-39)37-54(56)61(53)44-27-17-26-42(34-44)43-32-33-52-51(35-43)57(40-22-9-3-10-23-40)60-58(59-52)41-24-11-4-12-25-41/h1-37H. The number of nitrogens with zero attached hydrogens (tertiary/aromatic N) is 3. The van der Waals surface area contributed by atoms with Crippen LogP contribution in [0.25, 0.3) is 116 Å². The average molecular weight is 776 g/mol. The molecule has 0 bridgehead atoms. The molecule has 2 heterocycles. The predicted molar refractivity (Wildman–Crippen MR) is 256 cm³/mol. The number of benzene rings is 10. The van der Waals surface area contributed by atoms with Crippen molar-refractivity contribution in [1.82, 2.24) is 14.5 Å². The summed E-state index contributed by atoms with van der Waals surface area (Å²) in [5.41, 5.74) is 14.4. The summed E-state index contributed by atoms with van der Waals surface area (Å²) in [6.07, 6.45) is 0. The summed E-state index contributed by atoms with van der Waals surface area (Å²) in [4.78, 5) is 10.3. The van der Waals surface area contributed by atoms with E-state index in [1.807, 2.05) is 24.3 Å². The summed E-state index contributed by atoms with van der Waals surface area (Å²) >= 11 is 0. The predicted octanol–water partition coefficient (Wildman–Crippen LogP) is 15.4. The second-order valence-corrected chi connectivity index (χ2v) is 15.7. The first-order chi connectivity index (χ1) is 30.3. The third-order valence-corrected chi connectivity index (χ3v) is 12.2. The van der Waals surface area contributed by atoms with Crippen LogP contribution in [0.2, 0.25) is 0 Å². The smallest absolute Gasteiger partial charge is 0.160 e. The monoisotopic (exact) mass is 775 g/mol. The maximum atomic E-state index is 5.20. The third kappa shape index (κ3) is 5.82. The lowest BCUT2D eigenvalue weighted by atomic mass is 9.92. The Morgan fingerprint density at radius 1 is 0.295 bits per heavy atom. The summed E-state index contributed by atoms with van der Waals surface area (Å²) in [5, 5.41) is 8.51. The van der Waals surface area contributed by atoms with E-state index >= 15 is 0 Å². The molecule has 12 aromatic rings. The Morgan fingerprint density at radius 2 is 0.754 bits per heavy atom. The maximum absolute atomic E-state index is 5.20. The lowest BCUT2D eigenvalue weighted by Gasteiger charge is -2.14. The molecule has 12 rings (SSSR count). The molecule has 0 aliphatic carbocycles. The summed E-state index contributed by atoms with van der Waals surface area (Å²) in [6.45, 7) is 0. The Bertz CT molecular complexity index is 3480. The molecule has 0 N–H and O–H groups in total. The molecule has 0 aliphatic rings. The van der Waals surface area contributed by atoms with Gasteiger partial charge >= 0.3 is 0 Å². The Kier molecular flexibility index (Phi) is 8.17. The molecule has 0 radical (unpaired) electrons. The van der Waals surface area contributed by atoms with Gasteiger partial charge in [0, 0.05) is 33.0 Å². The molecule has 2 aromatic heterocycles. The Labute approximate surface area is 353 Å². The zero-order valence-corrected chi connectivity index (χ0v) is 33.2. The first-order valence-corrected chi connectivity index (χ1v) is 20.8. The molecular formula is C58H37N3. The zero-order valence-electron chi connectivity index (χ0n) is 33.2. The second-order valence-electron chi connectivity index (χ2n) is 15.7. The normalized spacial score (nSPS) is 11.6. The van der Waals surface area contributed by atoms with Gasteiger partial charge in [-0.1, -0.05) is 188 Å². The van der Waals surface area contributed by atoms with Crippen molar-refractivity contribution in [1.29, 1.82) is 0 Å². The van der Waals surface area contributed by atoms with Gasteiger partial charge in [0.25, 0.3) is 0 Å². The molecule has 0 atom stereocenters. The van der Waals surface area contributed by atoms with Crippen LogP contribution in [-0.4, -0.2) is 14.5 Å². The van der Waals surface area contributed by atoms with Crippen molar-refractivity contribution in [2.24, 2.45) is 0 Å². The van der Waals surface area contributed by atoms with E-state index in [0.717, 1.165) is 50.4 Å². The lowest BCUT2D eigenvalue weighted by molar-refractivity contribution is 1.18. The van der Waals surface area contributed by atoms with Crippen molar-refractivity contribution in [2.45, 2.75) is 0 Å². The number of hydrogen-bond acceptors (Lipinski definition) is 2. The van der Waals surface area contributed by atoms with E-state index in [-0.39, 0.29) is 0 Å². The molecule has 3 nitrogen and oxygen atoms in total. The van der Waals surface area contributed by atoms with Crippen LogP contribution < -0.4 is 0 Å². The van der Waals surface area contributed by atoms with E-state index in [0.29, 0.717) is 0 Å². The SMILES string of the molecule is c1ccc(-c2nc(-c3ccccc3)c3cc(-c4cccc(-n5c6cc(-c7ccccc7)c7ccccc7c6c6c7ccccc7c(-c7ccccc7)cc65)c4)ccc3n2)cc1. The molecule has 0 unspecified atom stereocenters. The highest BCUT2D eigenvalue weighted by atomic mass is 15.0. The van der Waals surface area contributed by atoms with Crippen LogP contribution in [0.3, 0.4) is 0 Å². The molecule has 0 aliphatic heterocycles. The lowest BCUT2D eigenvalue weighted by Crippen LogP contribution is -1.97. The Balaban J connectivity index is 1.14. The van der Waals surface area contributed by atoms with Gasteiger partial charge in [-0.3, -0.25) is 0 Å². The Morgan fingerprint density at radius 3 is 1.31 bits per heavy atom. The van der Waals surface area contributed by atoms with Gasteiger partial charge in [0.2, 0.25) is 0 Å². The van der Waals surface area contributed by atoms with Crippen molar-refractivity contribution in [3.63, 3.8) is 0 Å². The van der Waals surface area contributed by atoms with Crippen LogP contribution in [0.1, 0.15) is 0 Å². The summed E-state index contributed by atoms with van der Waals surface area (Å²) in [6, 6.07) is 80.6. The fourth-order valence-electron chi connectivity index (χ4n) is 9.39. The van der Waals surface area contributed by atoms with Crippen LogP contribution >= 0.6 is 0 Å². The van der Waals surface area contributed by atoms with Gasteiger partial charge in [-0.05, 0) is 91.3 Å². The van der Waals surface area contributed by atoms with E-state index in [2.05, 4.69) is 205 Å². The fraction of sp³-hybridized carbons (Fsp3) is 0. The largest absolute Gasteiger partial charge is 0.309 e. The van der Waals surface area contributed by atoms with Crippen LogP contribution in [0.15, 0.2) is 224 Å². The molecule has 0 amide bonds. The van der Waals surface area contributed by atoms with E-state index < -0.39 is 0 Å². The minimum absolute atomic E-state index is 0.720. The van der Waals surface area contributed by atoms with E-state index in [1.165, 1.54) is 65.6 Å². The zero-order chi connectivity index (χ0) is 40.3. The highest BCUT2D eigenvalue weighted by Gasteiger charge is 2.22. The van der Waals surface area contributed by atoms with E-state index in [4.69, 9.17) is 9.97 Å². The van der Waals surface area contributed by atoms with Crippen molar-refractivity contribution < 1.29 is 0 Å². The minimum Gasteiger partial charge on any atom is -0.309 e. The highest BCUT2D eigenvalue weighted by molar-refractivity contribution is 6.31. The van der Waals surface area contributed by atoms with E-state index in [1.54, 1.807) is 0 Å². The molecule has 3 heteroatoms. The first kappa shape index (κ1) is 34.9. The molecule has 284 valence electrons. The van der Waals surface area contributed by atoms with Crippen molar-refractivity contribution in [3.8, 4) is 61.7 Å². The third-order valence-electron chi connectivity index (χ3n) is 12.2. The molecule has 0 spiro atoms.